The molecule has 6 nitrogen and oxygen atoms in total. The van der Waals surface area contributed by atoms with Crippen molar-refractivity contribution in [2.75, 3.05) is 6.54 Å². The number of benzene rings is 2. The maximum Gasteiger partial charge on any atom is 0.227 e. The summed E-state index contributed by atoms with van der Waals surface area (Å²) in [5.74, 6) is 0.346. The number of nitrogens with two attached hydrogens (primary N) is 1. The van der Waals surface area contributed by atoms with Crippen molar-refractivity contribution in [1.82, 2.24) is 9.47 Å². The molecule has 4 rings (SSSR count). The van der Waals surface area contributed by atoms with Gasteiger partial charge in [-0.15, -0.1) is 0 Å². The summed E-state index contributed by atoms with van der Waals surface area (Å²) in [6, 6.07) is 18.4. The van der Waals surface area contributed by atoms with Crippen molar-refractivity contribution >= 4 is 22.6 Å². The summed E-state index contributed by atoms with van der Waals surface area (Å²) < 4.78 is 2.29. The molecule has 3 N–H and O–H groups in total. The predicted octanol–water partition coefficient (Wildman–Crippen LogP) is 3.92. The minimum absolute atomic E-state index is 0.117. The van der Waals surface area contributed by atoms with Crippen LogP contribution in [-0.2, 0) is 24.2 Å². The molecule has 0 unspecified atom stereocenters. The van der Waals surface area contributed by atoms with E-state index in [4.69, 9.17) is 10.9 Å². The van der Waals surface area contributed by atoms with E-state index in [0.29, 0.717) is 18.0 Å². The van der Waals surface area contributed by atoms with Crippen molar-refractivity contribution in [2.45, 2.75) is 51.6 Å². The molecule has 1 saturated heterocycles. The lowest BCUT2D eigenvalue weighted by atomic mass is 10.1. The number of amidine groups is 1. The molecule has 0 spiro atoms. The van der Waals surface area contributed by atoms with Crippen LogP contribution in [0.4, 0.5) is 0 Å². The first-order valence-electron chi connectivity index (χ1n) is 11.0. The van der Waals surface area contributed by atoms with E-state index < -0.39 is 0 Å². The maximum absolute atomic E-state index is 12.9. The van der Waals surface area contributed by atoms with Crippen LogP contribution >= 0.6 is 0 Å². The zero-order chi connectivity index (χ0) is 21.8. The summed E-state index contributed by atoms with van der Waals surface area (Å²) in [4.78, 5) is 15.0. The van der Waals surface area contributed by atoms with Crippen LogP contribution in [-0.4, -0.2) is 39.0 Å². The van der Waals surface area contributed by atoms with Gasteiger partial charge >= 0.3 is 0 Å². The average Bonchev–Trinajstić information content (AvgIpc) is 3.41. The quantitative estimate of drug-likeness (QED) is 0.264. The normalized spacial score (nSPS) is 16.9. The van der Waals surface area contributed by atoms with Crippen molar-refractivity contribution in [3.63, 3.8) is 0 Å². The highest BCUT2D eigenvalue weighted by molar-refractivity contribution is 6.00. The number of likely N-dealkylation sites (tertiary alicyclic amines) is 1. The van der Waals surface area contributed by atoms with Crippen LogP contribution in [0.15, 0.2) is 59.8 Å². The Balaban J connectivity index is 1.48. The number of carbonyl (C=O) groups is 1. The average molecular weight is 419 g/mol. The van der Waals surface area contributed by atoms with Gasteiger partial charge in [0.25, 0.3) is 0 Å². The molecule has 1 aromatic heterocycles. The van der Waals surface area contributed by atoms with Crippen molar-refractivity contribution in [2.24, 2.45) is 10.9 Å². The molecule has 31 heavy (non-hydrogen) atoms. The molecule has 0 radical (unpaired) electrons. The van der Waals surface area contributed by atoms with Crippen LogP contribution in [0, 0.1) is 0 Å². The Morgan fingerprint density at radius 2 is 2.00 bits per heavy atom. The largest absolute Gasteiger partial charge is 0.409 e. The minimum atomic E-state index is 0.117. The van der Waals surface area contributed by atoms with E-state index in [9.17, 15) is 4.79 Å². The minimum Gasteiger partial charge on any atom is -0.409 e. The molecule has 0 bridgehead atoms. The first kappa shape index (κ1) is 21.0. The van der Waals surface area contributed by atoms with Gasteiger partial charge in [0.15, 0.2) is 5.84 Å². The summed E-state index contributed by atoms with van der Waals surface area (Å²) in [5.41, 5.74) is 9.91. The van der Waals surface area contributed by atoms with Gasteiger partial charge in [0.2, 0.25) is 5.91 Å². The van der Waals surface area contributed by atoms with Gasteiger partial charge in [0, 0.05) is 35.9 Å². The Bertz CT molecular complexity index is 1090. The SMILES string of the molecule is CCn1c(CC[C@@H]2CCCN2C(=O)Cc2ccccc2)cc2ccc(/C(N)=N/O)cc21. The smallest absolute Gasteiger partial charge is 0.227 e. The number of aromatic nitrogens is 1. The molecule has 1 aliphatic rings. The van der Waals surface area contributed by atoms with Gasteiger partial charge < -0.3 is 20.4 Å². The van der Waals surface area contributed by atoms with E-state index in [1.807, 2.05) is 48.5 Å². The summed E-state index contributed by atoms with van der Waals surface area (Å²) in [6.45, 7) is 3.83. The Morgan fingerprint density at radius 1 is 1.19 bits per heavy atom. The summed E-state index contributed by atoms with van der Waals surface area (Å²) in [5, 5.41) is 13.3. The van der Waals surface area contributed by atoms with E-state index in [-0.39, 0.29) is 11.7 Å². The number of nitrogens with zero attached hydrogens (tertiary/aromatic N) is 3. The van der Waals surface area contributed by atoms with Crippen molar-refractivity contribution < 1.29 is 10.0 Å². The van der Waals surface area contributed by atoms with E-state index >= 15 is 0 Å². The molecule has 0 saturated carbocycles. The van der Waals surface area contributed by atoms with Crippen molar-refractivity contribution in [3.8, 4) is 0 Å². The number of rotatable bonds is 7. The van der Waals surface area contributed by atoms with Gasteiger partial charge in [-0.05, 0) is 55.7 Å². The molecule has 2 aromatic carbocycles. The molecule has 1 fully saturated rings. The number of fused-ring (bicyclic) bond motifs is 1. The number of hydrogen-bond donors (Lipinski definition) is 2. The monoisotopic (exact) mass is 418 g/mol. The van der Waals surface area contributed by atoms with Crippen molar-refractivity contribution in [1.29, 1.82) is 0 Å². The summed E-state index contributed by atoms with van der Waals surface area (Å²) >= 11 is 0. The first-order valence-corrected chi connectivity index (χ1v) is 11.0. The first-order chi connectivity index (χ1) is 15.1. The molecule has 0 aliphatic carbocycles. The van der Waals surface area contributed by atoms with Gasteiger partial charge in [-0.1, -0.05) is 47.6 Å². The second-order valence-corrected chi connectivity index (χ2v) is 8.22. The fourth-order valence-electron chi connectivity index (χ4n) is 4.76. The second-order valence-electron chi connectivity index (χ2n) is 8.22. The number of amides is 1. The molecular weight excluding hydrogens is 388 g/mol. The summed E-state index contributed by atoms with van der Waals surface area (Å²) in [6.07, 6.45) is 4.50. The lowest BCUT2D eigenvalue weighted by Crippen LogP contribution is -2.36. The molecule has 6 heteroatoms. The van der Waals surface area contributed by atoms with E-state index in [1.54, 1.807) is 0 Å². The Hall–Kier alpha value is -3.28. The standard InChI is InChI=1S/C25H30N4O2/c1-2-28-22(16-19-10-11-20(17-23(19)28)25(26)27-31)13-12-21-9-6-14-29(21)24(30)15-18-7-4-3-5-8-18/h3-5,7-8,10-11,16-17,21,31H,2,6,9,12-15H2,1H3,(H2,26,27)/t21-/m0/s1. The van der Waals surface area contributed by atoms with Crippen LogP contribution in [0.5, 0.6) is 0 Å². The zero-order valence-corrected chi connectivity index (χ0v) is 18.0. The lowest BCUT2D eigenvalue weighted by molar-refractivity contribution is -0.131. The van der Waals surface area contributed by atoms with Gasteiger partial charge in [-0.25, -0.2) is 0 Å². The predicted molar refractivity (Wildman–Crippen MR) is 123 cm³/mol. The fraction of sp³-hybridized carbons (Fsp3) is 0.360. The van der Waals surface area contributed by atoms with E-state index in [1.165, 1.54) is 5.69 Å². The molecule has 3 aromatic rings. The number of oxime groups is 1. The van der Waals surface area contributed by atoms with Gasteiger partial charge in [0.05, 0.1) is 6.42 Å². The summed E-state index contributed by atoms with van der Waals surface area (Å²) in [7, 11) is 0. The molecular formula is C25H30N4O2. The van der Waals surface area contributed by atoms with Crippen LogP contribution in [0.3, 0.4) is 0 Å². The molecule has 162 valence electrons. The third kappa shape index (κ3) is 4.43. The van der Waals surface area contributed by atoms with E-state index in [2.05, 4.69) is 27.6 Å². The Labute approximate surface area is 183 Å². The van der Waals surface area contributed by atoms with Crippen molar-refractivity contribution in [3.05, 3.63) is 71.4 Å². The molecule has 1 amide bonds. The van der Waals surface area contributed by atoms with Crippen LogP contribution < -0.4 is 5.73 Å². The maximum atomic E-state index is 12.9. The molecule has 2 heterocycles. The van der Waals surface area contributed by atoms with Crippen LogP contribution in [0.25, 0.3) is 10.9 Å². The zero-order valence-electron chi connectivity index (χ0n) is 18.0. The highest BCUT2D eigenvalue weighted by Gasteiger charge is 2.28. The highest BCUT2D eigenvalue weighted by Crippen LogP contribution is 2.26. The molecule has 1 aliphatic heterocycles. The third-order valence-electron chi connectivity index (χ3n) is 6.34. The topological polar surface area (TPSA) is 83.9 Å². The Kier molecular flexibility index (Phi) is 6.26. The Morgan fingerprint density at radius 3 is 2.74 bits per heavy atom. The van der Waals surface area contributed by atoms with E-state index in [0.717, 1.165) is 55.2 Å². The second kappa shape index (κ2) is 9.25. The van der Waals surface area contributed by atoms with Gasteiger partial charge in [-0.2, -0.15) is 0 Å². The number of aryl methyl sites for hydroxylation is 2. The van der Waals surface area contributed by atoms with Gasteiger partial charge in [0.1, 0.15) is 0 Å². The third-order valence-corrected chi connectivity index (χ3v) is 6.34. The lowest BCUT2D eigenvalue weighted by Gasteiger charge is -2.25. The highest BCUT2D eigenvalue weighted by atomic mass is 16.4. The number of hydrogen-bond acceptors (Lipinski definition) is 3. The van der Waals surface area contributed by atoms with Gasteiger partial charge in [-0.3, -0.25) is 4.79 Å². The molecule has 1 atom stereocenters. The number of carbonyl (C=O) groups excluding carboxylic acids is 1. The van der Waals surface area contributed by atoms with Crippen LogP contribution in [0.2, 0.25) is 0 Å². The van der Waals surface area contributed by atoms with Crippen LogP contribution in [0.1, 0.15) is 43.0 Å². The fourth-order valence-corrected chi connectivity index (χ4v) is 4.76.